The number of hydrogen-bond donors (Lipinski definition) is 2. The van der Waals surface area contributed by atoms with E-state index >= 15 is 0 Å². The first-order chi connectivity index (χ1) is 5.61. The molecule has 1 amide bonds. The van der Waals surface area contributed by atoms with E-state index in [0.717, 1.165) is 13.0 Å². The lowest BCUT2D eigenvalue weighted by Crippen LogP contribution is -2.35. The molecule has 4 nitrogen and oxygen atoms in total. The third-order valence-electron chi connectivity index (χ3n) is 2.20. The molecule has 0 aromatic carbocycles. The quantitative estimate of drug-likeness (QED) is 0.352. The van der Waals surface area contributed by atoms with Crippen molar-refractivity contribution >= 4 is 5.91 Å². The first kappa shape index (κ1) is 11.4. The van der Waals surface area contributed by atoms with Crippen LogP contribution in [0.25, 0.3) is 0 Å². The Hall–Kier alpha value is -0.610. The zero-order valence-corrected chi connectivity index (χ0v) is 8.13. The standard InChI is InChI=1S/C8H19N3O/c1-4-7(2)11(3)6-5-8(12)10-9/h7H,4-6,9H2,1-3H3,(H,10,12). The summed E-state index contributed by atoms with van der Waals surface area (Å²) in [6.07, 6.45) is 1.57. The van der Waals surface area contributed by atoms with Crippen molar-refractivity contribution in [3.8, 4) is 0 Å². The van der Waals surface area contributed by atoms with Crippen LogP contribution in [0.1, 0.15) is 26.7 Å². The van der Waals surface area contributed by atoms with E-state index in [0.29, 0.717) is 12.5 Å². The first-order valence-corrected chi connectivity index (χ1v) is 4.31. The van der Waals surface area contributed by atoms with Crippen LogP contribution in [-0.4, -0.2) is 30.4 Å². The minimum Gasteiger partial charge on any atom is -0.303 e. The molecule has 1 unspecified atom stereocenters. The second-order valence-corrected chi connectivity index (χ2v) is 3.06. The fraction of sp³-hybridized carbons (Fsp3) is 0.875. The molecule has 0 fully saturated rings. The summed E-state index contributed by atoms with van der Waals surface area (Å²) in [6, 6.07) is 0.524. The number of nitrogens with one attached hydrogen (secondary N) is 1. The van der Waals surface area contributed by atoms with Crippen molar-refractivity contribution in [3.63, 3.8) is 0 Å². The number of amides is 1. The molecule has 3 N–H and O–H groups in total. The number of carbonyl (C=O) groups excluding carboxylic acids is 1. The summed E-state index contributed by atoms with van der Waals surface area (Å²) in [5.41, 5.74) is 2.11. The Kier molecular flexibility index (Phi) is 5.66. The third-order valence-corrected chi connectivity index (χ3v) is 2.20. The van der Waals surface area contributed by atoms with Crippen molar-refractivity contribution in [3.05, 3.63) is 0 Å². The van der Waals surface area contributed by atoms with Crippen molar-refractivity contribution in [2.45, 2.75) is 32.7 Å². The number of carbonyl (C=O) groups is 1. The normalized spacial score (nSPS) is 13.1. The van der Waals surface area contributed by atoms with E-state index in [2.05, 4.69) is 24.2 Å². The van der Waals surface area contributed by atoms with Gasteiger partial charge in [-0.1, -0.05) is 6.92 Å². The minimum absolute atomic E-state index is 0.106. The van der Waals surface area contributed by atoms with Gasteiger partial charge in [0, 0.05) is 19.0 Å². The molecule has 0 heterocycles. The molecule has 12 heavy (non-hydrogen) atoms. The fourth-order valence-electron chi connectivity index (χ4n) is 0.882. The predicted molar refractivity (Wildman–Crippen MR) is 49.3 cm³/mol. The molecule has 0 aliphatic rings. The van der Waals surface area contributed by atoms with E-state index in [9.17, 15) is 4.79 Å². The lowest BCUT2D eigenvalue weighted by atomic mass is 10.2. The van der Waals surface area contributed by atoms with E-state index in [-0.39, 0.29) is 5.91 Å². The van der Waals surface area contributed by atoms with Gasteiger partial charge in [0.1, 0.15) is 0 Å². The average molecular weight is 173 g/mol. The molecule has 0 spiro atoms. The summed E-state index contributed by atoms with van der Waals surface area (Å²) in [4.78, 5) is 12.9. The molecule has 1 atom stereocenters. The SMILES string of the molecule is CCC(C)N(C)CCC(=O)NN. The highest BCUT2D eigenvalue weighted by atomic mass is 16.2. The van der Waals surface area contributed by atoms with Gasteiger partial charge in [0.25, 0.3) is 0 Å². The number of nitrogens with zero attached hydrogens (tertiary/aromatic N) is 1. The van der Waals surface area contributed by atoms with Gasteiger partial charge in [-0.05, 0) is 20.4 Å². The summed E-state index contributed by atoms with van der Waals surface area (Å²) in [7, 11) is 2.01. The summed E-state index contributed by atoms with van der Waals surface area (Å²) < 4.78 is 0. The highest BCUT2D eigenvalue weighted by molar-refractivity contribution is 5.75. The van der Waals surface area contributed by atoms with E-state index < -0.39 is 0 Å². The zero-order chi connectivity index (χ0) is 9.56. The van der Waals surface area contributed by atoms with Gasteiger partial charge in [0.05, 0.1) is 0 Å². The van der Waals surface area contributed by atoms with Gasteiger partial charge in [-0.25, -0.2) is 5.84 Å². The van der Waals surface area contributed by atoms with Gasteiger partial charge >= 0.3 is 0 Å². The van der Waals surface area contributed by atoms with Crippen molar-refractivity contribution in [2.75, 3.05) is 13.6 Å². The Balaban J connectivity index is 3.56. The van der Waals surface area contributed by atoms with Gasteiger partial charge in [-0.3, -0.25) is 10.2 Å². The molecule has 0 saturated carbocycles. The van der Waals surface area contributed by atoms with E-state index in [1.807, 2.05) is 7.05 Å². The van der Waals surface area contributed by atoms with Gasteiger partial charge in [0.15, 0.2) is 0 Å². The Morgan fingerprint density at radius 2 is 2.25 bits per heavy atom. The smallest absolute Gasteiger partial charge is 0.235 e. The molecule has 72 valence electrons. The van der Waals surface area contributed by atoms with Gasteiger partial charge in [-0.2, -0.15) is 0 Å². The molecule has 4 heteroatoms. The fourth-order valence-corrected chi connectivity index (χ4v) is 0.882. The Morgan fingerprint density at radius 3 is 2.67 bits per heavy atom. The average Bonchev–Trinajstić information content (AvgIpc) is 2.11. The van der Waals surface area contributed by atoms with Crippen LogP contribution in [0.4, 0.5) is 0 Å². The molecule has 0 aromatic rings. The van der Waals surface area contributed by atoms with Gasteiger partial charge in [0.2, 0.25) is 5.91 Å². The van der Waals surface area contributed by atoms with E-state index in [1.54, 1.807) is 0 Å². The molecule has 0 rings (SSSR count). The third kappa shape index (κ3) is 4.31. The number of hydrazine groups is 1. The number of rotatable bonds is 5. The van der Waals surface area contributed by atoms with Crippen molar-refractivity contribution in [1.29, 1.82) is 0 Å². The van der Waals surface area contributed by atoms with Crippen LogP contribution >= 0.6 is 0 Å². The van der Waals surface area contributed by atoms with Gasteiger partial charge in [-0.15, -0.1) is 0 Å². The van der Waals surface area contributed by atoms with Crippen LogP contribution < -0.4 is 11.3 Å². The molecule has 0 radical (unpaired) electrons. The summed E-state index contributed by atoms with van der Waals surface area (Å²) >= 11 is 0. The largest absolute Gasteiger partial charge is 0.303 e. The zero-order valence-electron chi connectivity index (χ0n) is 8.13. The predicted octanol–water partition coefficient (Wildman–Crippen LogP) is 0.0967. The monoisotopic (exact) mass is 173 g/mol. The maximum Gasteiger partial charge on any atom is 0.235 e. The van der Waals surface area contributed by atoms with E-state index in [1.165, 1.54) is 0 Å². The van der Waals surface area contributed by atoms with Crippen LogP contribution in [0.2, 0.25) is 0 Å². The summed E-state index contributed by atoms with van der Waals surface area (Å²) in [5.74, 6) is 4.84. The second-order valence-electron chi connectivity index (χ2n) is 3.06. The highest BCUT2D eigenvalue weighted by Crippen LogP contribution is 2.00. The molecule has 0 aliphatic heterocycles. The lowest BCUT2D eigenvalue weighted by molar-refractivity contribution is -0.121. The summed E-state index contributed by atoms with van der Waals surface area (Å²) in [5, 5.41) is 0. The Labute approximate surface area is 74.1 Å². The highest BCUT2D eigenvalue weighted by Gasteiger charge is 2.07. The van der Waals surface area contributed by atoms with Crippen LogP contribution in [0.15, 0.2) is 0 Å². The Morgan fingerprint density at radius 1 is 1.67 bits per heavy atom. The van der Waals surface area contributed by atoms with Crippen LogP contribution in [0.5, 0.6) is 0 Å². The molecule has 0 saturated heterocycles. The summed E-state index contributed by atoms with van der Waals surface area (Å²) in [6.45, 7) is 5.03. The second kappa shape index (κ2) is 5.97. The first-order valence-electron chi connectivity index (χ1n) is 4.31. The van der Waals surface area contributed by atoms with Gasteiger partial charge < -0.3 is 4.90 Å². The van der Waals surface area contributed by atoms with E-state index in [4.69, 9.17) is 5.84 Å². The van der Waals surface area contributed by atoms with Crippen LogP contribution in [0.3, 0.4) is 0 Å². The molecular formula is C8H19N3O. The maximum absolute atomic E-state index is 10.8. The molecular weight excluding hydrogens is 154 g/mol. The van der Waals surface area contributed by atoms with Crippen molar-refractivity contribution < 1.29 is 4.79 Å². The van der Waals surface area contributed by atoms with Crippen molar-refractivity contribution in [2.24, 2.45) is 5.84 Å². The topological polar surface area (TPSA) is 58.4 Å². The van der Waals surface area contributed by atoms with Crippen LogP contribution in [0, 0.1) is 0 Å². The molecule has 0 aromatic heterocycles. The number of hydrogen-bond acceptors (Lipinski definition) is 3. The molecule has 0 aliphatic carbocycles. The Bertz CT molecular complexity index is 138. The minimum atomic E-state index is -0.106. The molecule has 0 bridgehead atoms. The maximum atomic E-state index is 10.8. The van der Waals surface area contributed by atoms with Crippen LogP contribution in [-0.2, 0) is 4.79 Å². The lowest BCUT2D eigenvalue weighted by Gasteiger charge is -2.22. The van der Waals surface area contributed by atoms with Crippen molar-refractivity contribution in [1.82, 2.24) is 10.3 Å². The number of nitrogens with two attached hydrogens (primary N) is 1.